The van der Waals surface area contributed by atoms with Crippen LogP contribution in [0.1, 0.15) is 24.4 Å². The molecule has 1 saturated heterocycles. The van der Waals surface area contributed by atoms with Gasteiger partial charge in [0.1, 0.15) is 11.9 Å². The number of nitrogens with one attached hydrogen (secondary N) is 1. The highest BCUT2D eigenvalue weighted by molar-refractivity contribution is 7.89. The lowest BCUT2D eigenvalue weighted by Gasteiger charge is -2.30. The maximum Gasteiger partial charge on any atom is 0.260 e. The van der Waals surface area contributed by atoms with Crippen molar-refractivity contribution < 1.29 is 13.2 Å². The van der Waals surface area contributed by atoms with Gasteiger partial charge in [0.05, 0.1) is 12.5 Å². The lowest BCUT2D eigenvalue weighted by atomic mass is 10.1. The van der Waals surface area contributed by atoms with Crippen LogP contribution in [0, 0.1) is 13.8 Å². The van der Waals surface area contributed by atoms with Gasteiger partial charge in [0.25, 0.3) is 10.0 Å². The van der Waals surface area contributed by atoms with Gasteiger partial charge in [-0.2, -0.15) is 9.29 Å². The molecular weight excluding hydrogens is 318 g/mol. The lowest BCUT2D eigenvalue weighted by Crippen LogP contribution is -2.41. The molecule has 1 aliphatic rings. The van der Waals surface area contributed by atoms with Crippen molar-refractivity contribution in [3.63, 3.8) is 0 Å². The second-order valence-corrected chi connectivity index (χ2v) is 7.44. The van der Waals surface area contributed by atoms with Crippen LogP contribution < -0.4 is 4.74 Å². The van der Waals surface area contributed by atoms with Crippen molar-refractivity contribution in [3.05, 3.63) is 30.1 Å². The van der Waals surface area contributed by atoms with Crippen molar-refractivity contribution in [1.29, 1.82) is 0 Å². The van der Waals surface area contributed by atoms with Gasteiger partial charge in [0.2, 0.25) is 5.88 Å². The summed E-state index contributed by atoms with van der Waals surface area (Å²) in [5.74, 6) is 1.21. The summed E-state index contributed by atoms with van der Waals surface area (Å²) < 4.78 is 32.1. The van der Waals surface area contributed by atoms with E-state index in [0.717, 1.165) is 5.69 Å². The first kappa shape index (κ1) is 15.9. The van der Waals surface area contributed by atoms with Gasteiger partial charge in [-0.25, -0.2) is 18.4 Å². The Balaban J connectivity index is 1.62. The zero-order valence-electron chi connectivity index (χ0n) is 13.1. The second kappa shape index (κ2) is 6.25. The quantitative estimate of drug-likeness (QED) is 0.895. The molecule has 3 rings (SSSR count). The first-order valence-electron chi connectivity index (χ1n) is 7.42. The highest BCUT2D eigenvalue weighted by Gasteiger charge is 2.31. The number of piperidine rings is 1. The van der Waals surface area contributed by atoms with E-state index in [2.05, 4.69) is 19.9 Å². The van der Waals surface area contributed by atoms with Crippen LogP contribution in [0.5, 0.6) is 5.88 Å². The summed E-state index contributed by atoms with van der Waals surface area (Å²) >= 11 is 0. The molecule has 3 heterocycles. The van der Waals surface area contributed by atoms with E-state index in [4.69, 9.17) is 4.74 Å². The molecule has 0 aliphatic carbocycles. The lowest BCUT2D eigenvalue weighted by molar-refractivity contribution is 0.129. The fraction of sp³-hybridized carbons (Fsp3) is 0.500. The molecule has 1 aliphatic heterocycles. The number of aromatic nitrogens is 4. The topological polar surface area (TPSA) is 101 Å². The molecule has 0 atom stereocenters. The van der Waals surface area contributed by atoms with Crippen LogP contribution in [-0.4, -0.2) is 51.9 Å². The van der Waals surface area contributed by atoms with Gasteiger partial charge < -0.3 is 9.72 Å². The Morgan fingerprint density at radius 2 is 2.00 bits per heavy atom. The number of H-pyrrole nitrogens is 1. The zero-order chi connectivity index (χ0) is 16.4. The summed E-state index contributed by atoms with van der Waals surface area (Å²) in [6.45, 7) is 4.53. The Hall–Kier alpha value is -2.00. The predicted molar refractivity (Wildman–Crippen MR) is 82.5 cm³/mol. The molecule has 2 aromatic rings. The van der Waals surface area contributed by atoms with Crippen molar-refractivity contribution >= 4 is 10.0 Å². The normalized spacial score (nSPS) is 17.3. The van der Waals surface area contributed by atoms with Crippen LogP contribution in [0.3, 0.4) is 0 Å². The molecule has 0 spiro atoms. The fourth-order valence-corrected chi connectivity index (χ4v) is 3.99. The number of rotatable bonds is 4. The summed E-state index contributed by atoms with van der Waals surface area (Å²) in [5, 5.41) is 0.124. The van der Waals surface area contributed by atoms with Crippen LogP contribution >= 0.6 is 0 Å². The van der Waals surface area contributed by atoms with Gasteiger partial charge in [-0.3, -0.25) is 0 Å². The number of hydrogen-bond donors (Lipinski definition) is 1. The first-order chi connectivity index (χ1) is 10.9. The maximum absolute atomic E-state index is 12.4. The number of imidazole rings is 1. The molecule has 8 nitrogen and oxygen atoms in total. The van der Waals surface area contributed by atoms with E-state index in [0.29, 0.717) is 37.6 Å². The Kier molecular flexibility index (Phi) is 4.31. The first-order valence-corrected chi connectivity index (χ1v) is 8.86. The van der Waals surface area contributed by atoms with Crippen molar-refractivity contribution in [2.75, 3.05) is 13.1 Å². The molecule has 0 radical (unpaired) electrons. The molecule has 1 N–H and O–H groups in total. The maximum atomic E-state index is 12.4. The number of aromatic amines is 1. The van der Waals surface area contributed by atoms with Gasteiger partial charge in [-0.1, -0.05) is 0 Å². The van der Waals surface area contributed by atoms with E-state index in [9.17, 15) is 8.42 Å². The van der Waals surface area contributed by atoms with Crippen LogP contribution in [0.15, 0.2) is 23.6 Å². The fourth-order valence-electron chi connectivity index (χ4n) is 2.63. The molecule has 0 unspecified atom stereocenters. The van der Waals surface area contributed by atoms with Crippen molar-refractivity contribution in [1.82, 2.24) is 24.2 Å². The summed E-state index contributed by atoms with van der Waals surface area (Å²) in [7, 11) is -3.49. The third-order valence-electron chi connectivity index (χ3n) is 3.72. The summed E-state index contributed by atoms with van der Waals surface area (Å²) in [4.78, 5) is 14.9. The predicted octanol–water partition coefficient (Wildman–Crippen LogP) is 1.05. The molecule has 124 valence electrons. The molecule has 1 fully saturated rings. The zero-order valence-corrected chi connectivity index (χ0v) is 13.9. The summed E-state index contributed by atoms with van der Waals surface area (Å²) in [5.41, 5.74) is 0.853. The highest BCUT2D eigenvalue weighted by Crippen LogP contribution is 2.22. The van der Waals surface area contributed by atoms with E-state index < -0.39 is 10.0 Å². The molecule has 9 heteroatoms. The largest absolute Gasteiger partial charge is 0.474 e. The molecule has 2 aromatic heterocycles. The Morgan fingerprint density at radius 1 is 1.26 bits per heavy atom. The standard InChI is InChI=1S/C14H19N5O3S/c1-10-7-13(18-11(2)17-10)22-12-3-5-19(6-4-12)23(20,21)14-8-15-9-16-14/h7-9,12H,3-6H2,1-2H3,(H,15,16). The minimum absolute atomic E-state index is 0.0445. The number of hydrogen-bond acceptors (Lipinski definition) is 6. The average molecular weight is 337 g/mol. The number of sulfonamides is 1. The minimum Gasteiger partial charge on any atom is -0.474 e. The van der Waals surface area contributed by atoms with Gasteiger partial charge in [-0.05, 0) is 26.7 Å². The summed E-state index contributed by atoms with van der Waals surface area (Å²) in [6.07, 6.45) is 3.88. The number of ether oxygens (including phenoxy) is 1. The number of aryl methyl sites for hydroxylation is 2. The van der Waals surface area contributed by atoms with E-state index in [-0.39, 0.29) is 11.1 Å². The molecule has 0 amide bonds. The van der Waals surface area contributed by atoms with Crippen LogP contribution in [0.4, 0.5) is 0 Å². The van der Waals surface area contributed by atoms with Gasteiger partial charge in [-0.15, -0.1) is 0 Å². The molecule has 0 saturated carbocycles. The van der Waals surface area contributed by atoms with Gasteiger partial charge >= 0.3 is 0 Å². The van der Waals surface area contributed by atoms with E-state index in [1.165, 1.54) is 16.8 Å². The molecule has 0 bridgehead atoms. The van der Waals surface area contributed by atoms with Gasteiger partial charge in [0, 0.05) is 24.8 Å². The molecule has 23 heavy (non-hydrogen) atoms. The Morgan fingerprint density at radius 3 is 2.61 bits per heavy atom. The SMILES string of the molecule is Cc1cc(OC2CCN(S(=O)(=O)c3cnc[nH]3)CC2)nc(C)n1. The second-order valence-electron chi connectivity index (χ2n) is 5.53. The number of nitrogens with zero attached hydrogens (tertiary/aromatic N) is 4. The Bertz CT molecular complexity index is 747. The van der Waals surface area contributed by atoms with Crippen LogP contribution in [0.2, 0.25) is 0 Å². The minimum atomic E-state index is -3.49. The monoisotopic (exact) mass is 337 g/mol. The Labute approximate surface area is 135 Å². The van der Waals surface area contributed by atoms with Crippen molar-refractivity contribution in [2.45, 2.75) is 37.8 Å². The van der Waals surface area contributed by atoms with Crippen LogP contribution in [0.25, 0.3) is 0 Å². The average Bonchev–Trinajstić information content (AvgIpc) is 3.01. The summed E-state index contributed by atoms with van der Waals surface area (Å²) in [6, 6.07) is 1.79. The van der Waals surface area contributed by atoms with Crippen LogP contribution in [-0.2, 0) is 10.0 Å². The van der Waals surface area contributed by atoms with E-state index in [1.807, 2.05) is 13.8 Å². The van der Waals surface area contributed by atoms with Crippen molar-refractivity contribution in [2.24, 2.45) is 0 Å². The smallest absolute Gasteiger partial charge is 0.260 e. The van der Waals surface area contributed by atoms with Crippen molar-refractivity contribution in [3.8, 4) is 5.88 Å². The highest BCUT2D eigenvalue weighted by atomic mass is 32.2. The molecular formula is C14H19N5O3S. The molecule has 0 aromatic carbocycles. The third-order valence-corrected chi connectivity index (χ3v) is 5.55. The van der Waals surface area contributed by atoms with E-state index in [1.54, 1.807) is 6.07 Å². The van der Waals surface area contributed by atoms with E-state index >= 15 is 0 Å². The third kappa shape index (κ3) is 3.50. The van der Waals surface area contributed by atoms with Gasteiger partial charge in [0.15, 0.2) is 5.03 Å².